The summed E-state index contributed by atoms with van der Waals surface area (Å²) in [4.78, 5) is 11.9. The molecule has 104 valence electrons. The molecule has 2 aromatic rings. The average molecular weight is 291 g/mol. The van der Waals surface area contributed by atoms with Crippen molar-refractivity contribution in [1.82, 2.24) is 0 Å². The lowest BCUT2D eigenvalue weighted by Gasteiger charge is -2.09. The molecule has 0 spiro atoms. The van der Waals surface area contributed by atoms with E-state index in [4.69, 9.17) is 16.3 Å². The molecule has 2 amide bonds. The van der Waals surface area contributed by atoms with Crippen LogP contribution >= 0.6 is 11.6 Å². The number of benzene rings is 2. The predicted molar refractivity (Wildman–Crippen MR) is 81.2 cm³/mol. The van der Waals surface area contributed by atoms with Crippen molar-refractivity contribution in [1.29, 1.82) is 0 Å². The van der Waals surface area contributed by atoms with Gasteiger partial charge in [-0.2, -0.15) is 0 Å². The summed E-state index contributed by atoms with van der Waals surface area (Å²) in [5.41, 5.74) is 2.34. The summed E-state index contributed by atoms with van der Waals surface area (Å²) in [6.07, 6.45) is 0. The maximum absolute atomic E-state index is 11.9. The largest absolute Gasteiger partial charge is 0.380 e. The van der Waals surface area contributed by atoms with Crippen LogP contribution in [0.3, 0.4) is 0 Å². The maximum atomic E-state index is 11.9. The zero-order valence-corrected chi connectivity index (χ0v) is 11.8. The van der Waals surface area contributed by atoms with E-state index in [-0.39, 0.29) is 6.03 Å². The minimum atomic E-state index is -0.318. The Bertz CT molecular complexity index is 602. The summed E-state index contributed by atoms with van der Waals surface area (Å²) in [6, 6.07) is 14.1. The van der Waals surface area contributed by atoms with Gasteiger partial charge in [0.2, 0.25) is 0 Å². The third-order valence-corrected chi connectivity index (χ3v) is 2.81. The van der Waals surface area contributed by atoms with Crippen LogP contribution in [-0.4, -0.2) is 13.1 Å². The highest BCUT2D eigenvalue weighted by Gasteiger charge is 2.03. The Morgan fingerprint density at radius 1 is 1.10 bits per heavy atom. The first kappa shape index (κ1) is 14.4. The van der Waals surface area contributed by atoms with Crippen LogP contribution in [0.4, 0.5) is 16.2 Å². The maximum Gasteiger partial charge on any atom is 0.323 e. The summed E-state index contributed by atoms with van der Waals surface area (Å²) in [5, 5.41) is 6.05. The minimum absolute atomic E-state index is 0.318. The summed E-state index contributed by atoms with van der Waals surface area (Å²) in [6.45, 7) is 0.505. The van der Waals surface area contributed by atoms with Gasteiger partial charge in [0, 0.05) is 23.5 Å². The van der Waals surface area contributed by atoms with Crippen molar-refractivity contribution in [2.75, 3.05) is 17.7 Å². The molecule has 4 nitrogen and oxygen atoms in total. The molecule has 0 heterocycles. The number of methoxy groups -OCH3 is 1. The van der Waals surface area contributed by atoms with E-state index in [0.29, 0.717) is 23.0 Å². The van der Waals surface area contributed by atoms with Crippen LogP contribution in [0, 0.1) is 0 Å². The Morgan fingerprint density at radius 3 is 2.40 bits per heavy atom. The number of rotatable bonds is 4. The zero-order chi connectivity index (χ0) is 14.4. The summed E-state index contributed by atoms with van der Waals surface area (Å²) < 4.78 is 5.05. The van der Waals surface area contributed by atoms with Crippen LogP contribution in [0.1, 0.15) is 5.56 Å². The van der Waals surface area contributed by atoms with Crippen molar-refractivity contribution >= 4 is 29.0 Å². The van der Waals surface area contributed by atoms with Gasteiger partial charge in [-0.1, -0.05) is 29.8 Å². The number of halogens is 1. The summed E-state index contributed by atoms with van der Waals surface area (Å²) >= 11 is 5.86. The zero-order valence-electron chi connectivity index (χ0n) is 11.0. The smallest absolute Gasteiger partial charge is 0.323 e. The van der Waals surface area contributed by atoms with E-state index in [1.54, 1.807) is 31.4 Å². The molecule has 2 rings (SSSR count). The van der Waals surface area contributed by atoms with Crippen LogP contribution in [0.2, 0.25) is 5.02 Å². The highest BCUT2D eigenvalue weighted by atomic mass is 35.5. The number of anilines is 2. The number of nitrogens with one attached hydrogen (secondary N) is 2. The second-order valence-electron chi connectivity index (χ2n) is 4.22. The van der Waals surface area contributed by atoms with Crippen molar-refractivity contribution in [2.45, 2.75) is 6.61 Å². The van der Waals surface area contributed by atoms with Gasteiger partial charge in [0.05, 0.1) is 6.61 Å². The Kier molecular flexibility index (Phi) is 4.98. The number of hydrogen-bond donors (Lipinski definition) is 2. The summed E-state index contributed by atoms with van der Waals surface area (Å²) in [5.74, 6) is 0. The molecule has 0 bridgehead atoms. The van der Waals surface area contributed by atoms with Gasteiger partial charge in [-0.3, -0.25) is 0 Å². The third-order valence-electron chi connectivity index (χ3n) is 2.58. The second-order valence-corrected chi connectivity index (χ2v) is 4.66. The third kappa shape index (κ3) is 4.26. The van der Waals surface area contributed by atoms with E-state index >= 15 is 0 Å². The Hall–Kier alpha value is -2.04. The topological polar surface area (TPSA) is 50.4 Å². The monoisotopic (exact) mass is 290 g/mol. The molecular weight excluding hydrogens is 276 g/mol. The Morgan fingerprint density at radius 2 is 1.75 bits per heavy atom. The molecule has 0 aliphatic rings. The van der Waals surface area contributed by atoms with E-state index in [2.05, 4.69) is 10.6 Å². The number of urea groups is 1. The first-order chi connectivity index (χ1) is 9.67. The number of amides is 2. The van der Waals surface area contributed by atoms with Crippen LogP contribution in [0.25, 0.3) is 0 Å². The quantitative estimate of drug-likeness (QED) is 0.889. The highest BCUT2D eigenvalue weighted by molar-refractivity contribution is 6.30. The van der Waals surface area contributed by atoms with Gasteiger partial charge in [0.25, 0.3) is 0 Å². The molecular formula is C15H15ClN2O2. The van der Waals surface area contributed by atoms with Crippen LogP contribution in [0.5, 0.6) is 0 Å². The lowest BCUT2D eigenvalue weighted by molar-refractivity contribution is 0.185. The highest BCUT2D eigenvalue weighted by Crippen LogP contribution is 2.16. The van der Waals surface area contributed by atoms with Crippen molar-refractivity contribution in [2.24, 2.45) is 0 Å². The van der Waals surface area contributed by atoms with E-state index in [9.17, 15) is 4.79 Å². The van der Waals surface area contributed by atoms with Gasteiger partial charge in [-0.15, -0.1) is 0 Å². The predicted octanol–water partition coefficient (Wildman–Crippen LogP) is 4.13. The second kappa shape index (κ2) is 6.93. The average Bonchev–Trinajstić information content (AvgIpc) is 2.39. The number of hydrogen-bond acceptors (Lipinski definition) is 2. The molecule has 2 N–H and O–H groups in total. The molecule has 0 fully saturated rings. The van der Waals surface area contributed by atoms with Crippen LogP contribution < -0.4 is 10.6 Å². The minimum Gasteiger partial charge on any atom is -0.380 e. The van der Waals surface area contributed by atoms with Crippen LogP contribution in [-0.2, 0) is 11.3 Å². The van der Waals surface area contributed by atoms with E-state index in [1.165, 1.54) is 0 Å². The molecule has 0 saturated carbocycles. The number of ether oxygens (including phenoxy) is 1. The fraction of sp³-hybridized carbons (Fsp3) is 0.133. The van der Waals surface area contributed by atoms with Gasteiger partial charge in [-0.05, 0) is 35.9 Å². The van der Waals surface area contributed by atoms with E-state index in [1.807, 2.05) is 24.3 Å². The number of carbonyl (C=O) groups excluding carboxylic acids is 1. The first-order valence-electron chi connectivity index (χ1n) is 6.09. The lowest BCUT2D eigenvalue weighted by atomic mass is 10.2. The van der Waals surface area contributed by atoms with Crippen molar-refractivity contribution in [3.8, 4) is 0 Å². The van der Waals surface area contributed by atoms with Gasteiger partial charge in [0.15, 0.2) is 0 Å². The molecule has 5 heteroatoms. The Balaban J connectivity index is 1.99. The molecule has 0 radical (unpaired) electrons. The fourth-order valence-electron chi connectivity index (χ4n) is 1.77. The first-order valence-corrected chi connectivity index (χ1v) is 6.46. The lowest BCUT2D eigenvalue weighted by Crippen LogP contribution is -2.19. The van der Waals surface area contributed by atoms with Gasteiger partial charge in [0.1, 0.15) is 0 Å². The molecule has 0 atom stereocenters. The normalized spacial score (nSPS) is 10.1. The number of carbonyl (C=O) groups is 1. The molecule has 2 aromatic carbocycles. The molecule has 0 aliphatic carbocycles. The van der Waals surface area contributed by atoms with Crippen molar-refractivity contribution < 1.29 is 9.53 Å². The fourth-order valence-corrected chi connectivity index (χ4v) is 1.96. The standard InChI is InChI=1S/C15H15ClN2O2/c1-20-10-11-4-2-6-13(8-11)17-15(19)18-14-7-3-5-12(16)9-14/h2-9H,10H2,1H3,(H2,17,18,19). The summed E-state index contributed by atoms with van der Waals surface area (Å²) in [7, 11) is 1.63. The molecule has 0 saturated heterocycles. The van der Waals surface area contributed by atoms with Gasteiger partial charge in [-0.25, -0.2) is 4.79 Å². The van der Waals surface area contributed by atoms with Crippen LogP contribution in [0.15, 0.2) is 48.5 Å². The van der Waals surface area contributed by atoms with Gasteiger partial charge < -0.3 is 15.4 Å². The molecule has 0 unspecified atom stereocenters. The van der Waals surface area contributed by atoms with Gasteiger partial charge >= 0.3 is 6.03 Å². The van der Waals surface area contributed by atoms with Crippen molar-refractivity contribution in [3.63, 3.8) is 0 Å². The van der Waals surface area contributed by atoms with E-state index in [0.717, 1.165) is 5.56 Å². The molecule has 0 aromatic heterocycles. The van der Waals surface area contributed by atoms with E-state index < -0.39 is 0 Å². The molecule has 0 aliphatic heterocycles. The molecule has 20 heavy (non-hydrogen) atoms. The SMILES string of the molecule is COCc1cccc(NC(=O)Nc2cccc(Cl)c2)c1. The Labute approximate surface area is 122 Å². The van der Waals surface area contributed by atoms with Crippen molar-refractivity contribution in [3.05, 3.63) is 59.1 Å².